The second-order valence-corrected chi connectivity index (χ2v) is 7.42. The zero-order valence-electron chi connectivity index (χ0n) is 11.4. The molecule has 7 heteroatoms. The highest BCUT2D eigenvalue weighted by molar-refractivity contribution is 9.11. The summed E-state index contributed by atoms with van der Waals surface area (Å²) in [6.07, 6.45) is 0. The molecule has 4 nitrogen and oxygen atoms in total. The van der Waals surface area contributed by atoms with E-state index < -0.39 is 0 Å². The maximum atomic E-state index is 12.0. The lowest BCUT2D eigenvalue weighted by atomic mass is 10.2. The summed E-state index contributed by atoms with van der Waals surface area (Å²) in [4.78, 5) is 14.0. The van der Waals surface area contributed by atoms with Crippen LogP contribution in [-0.4, -0.2) is 24.4 Å². The second kappa shape index (κ2) is 7.26. The van der Waals surface area contributed by atoms with E-state index >= 15 is 0 Å². The number of anilines is 2. The summed E-state index contributed by atoms with van der Waals surface area (Å²) in [5.74, 6) is -0.126. The molecule has 2 aromatic rings. The standard InChI is InChI=1S/C14H15BrClN3OS/c1-19(6-9-4-13(15)21-8-9)7-14(20)18-12-5-10(17)2-3-11(12)16/h2-5,8H,6-7,17H2,1H3,(H,18,20). The zero-order chi connectivity index (χ0) is 15.4. The summed E-state index contributed by atoms with van der Waals surface area (Å²) >= 11 is 11.1. The molecule has 21 heavy (non-hydrogen) atoms. The van der Waals surface area contributed by atoms with Crippen molar-refractivity contribution >= 4 is 56.1 Å². The van der Waals surface area contributed by atoms with Crippen LogP contribution < -0.4 is 11.1 Å². The highest BCUT2D eigenvalue weighted by atomic mass is 79.9. The third-order valence-electron chi connectivity index (χ3n) is 2.75. The number of carbonyl (C=O) groups excluding carboxylic acids is 1. The van der Waals surface area contributed by atoms with Gasteiger partial charge in [-0.25, -0.2) is 0 Å². The van der Waals surface area contributed by atoms with Crippen LogP contribution in [0.4, 0.5) is 11.4 Å². The highest BCUT2D eigenvalue weighted by Crippen LogP contribution is 2.24. The first kappa shape index (κ1) is 16.3. The topological polar surface area (TPSA) is 58.4 Å². The lowest BCUT2D eigenvalue weighted by Crippen LogP contribution is -2.29. The van der Waals surface area contributed by atoms with Crippen LogP contribution in [0, 0.1) is 0 Å². The number of hydrogen-bond donors (Lipinski definition) is 2. The molecule has 0 saturated heterocycles. The second-order valence-electron chi connectivity index (χ2n) is 4.72. The van der Waals surface area contributed by atoms with Crippen LogP contribution in [0.3, 0.4) is 0 Å². The van der Waals surface area contributed by atoms with Crippen molar-refractivity contribution in [3.05, 3.63) is 44.0 Å². The van der Waals surface area contributed by atoms with Crippen LogP contribution in [0.25, 0.3) is 0 Å². The molecule has 0 fully saturated rings. The Morgan fingerprint density at radius 2 is 2.24 bits per heavy atom. The minimum absolute atomic E-state index is 0.126. The van der Waals surface area contributed by atoms with Gasteiger partial charge < -0.3 is 11.1 Å². The number of thiophene rings is 1. The van der Waals surface area contributed by atoms with Crippen molar-refractivity contribution < 1.29 is 4.79 Å². The molecule has 1 aromatic carbocycles. The van der Waals surface area contributed by atoms with E-state index in [2.05, 4.69) is 26.6 Å². The van der Waals surface area contributed by atoms with Gasteiger partial charge in [-0.15, -0.1) is 11.3 Å². The Morgan fingerprint density at radius 3 is 2.90 bits per heavy atom. The minimum Gasteiger partial charge on any atom is -0.399 e. The van der Waals surface area contributed by atoms with E-state index in [-0.39, 0.29) is 12.5 Å². The van der Waals surface area contributed by atoms with Crippen molar-refractivity contribution in [2.24, 2.45) is 0 Å². The number of halogens is 2. The van der Waals surface area contributed by atoms with Crippen LogP contribution in [0.5, 0.6) is 0 Å². The van der Waals surface area contributed by atoms with Crippen molar-refractivity contribution in [1.29, 1.82) is 0 Å². The average Bonchev–Trinajstić information content (AvgIpc) is 2.79. The first-order valence-corrected chi connectivity index (χ1v) is 8.25. The fraction of sp³-hybridized carbons (Fsp3) is 0.214. The Labute approximate surface area is 141 Å². The number of nitrogens with zero attached hydrogens (tertiary/aromatic N) is 1. The molecule has 0 radical (unpaired) electrons. The third-order valence-corrected chi connectivity index (χ3v) is 4.64. The molecule has 0 atom stereocenters. The normalized spacial score (nSPS) is 10.9. The van der Waals surface area contributed by atoms with Crippen molar-refractivity contribution in [1.82, 2.24) is 4.90 Å². The summed E-state index contributed by atoms with van der Waals surface area (Å²) < 4.78 is 1.09. The summed E-state index contributed by atoms with van der Waals surface area (Å²) in [6.45, 7) is 0.985. The zero-order valence-corrected chi connectivity index (χ0v) is 14.6. The quantitative estimate of drug-likeness (QED) is 0.766. The predicted molar refractivity (Wildman–Crippen MR) is 92.8 cm³/mol. The van der Waals surface area contributed by atoms with Gasteiger partial charge in [-0.1, -0.05) is 11.6 Å². The molecule has 0 aliphatic heterocycles. The lowest BCUT2D eigenvalue weighted by Gasteiger charge is -2.16. The van der Waals surface area contributed by atoms with E-state index in [0.29, 0.717) is 22.9 Å². The molecule has 1 amide bonds. The fourth-order valence-electron chi connectivity index (χ4n) is 1.87. The third kappa shape index (κ3) is 5.00. The summed E-state index contributed by atoms with van der Waals surface area (Å²) in [5.41, 5.74) is 7.95. The molecule has 0 aliphatic rings. The number of nitrogens with two attached hydrogens (primary N) is 1. The van der Waals surface area contributed by atoms with E-state index in [0.717, 1.165) is 3.79 Å². The Bertz CT molecular complexity index is 647. The molecule has 2 rings (SSSR count). The van der Waals surface area contributed by atoms with Crippen LogP contribution in [-0.2, 0) is 11.3 Å². The van der Waals surface area contributed by atoms with Crippen LogP contribution in [0.15, 0.2) is 33.4 Å². The van der Waals surface area contributed by atoms with Crippen molar-refractivity contribution in [2.75, 3.05) is 24.6 Å². The van der Waals surface area contributed by atoms with E-state index in [1.807, 2.05) is 18.0 Å². The largest absolute Gasteiger partial charge is 0.399 e. The van der Waals surface area contributed by atoms with Gasteiger partial charge in [-0.3, -0.25) is 9.69 Å². The number of amides is 1. The Morgan fingerprint density at radius 1 is 1.48 bits per heavy atom. The Hall–Kier alpha value is -1.08. The van der Waals surface area contributed by atoms with E-state index in [4.69, 9.17) is 17.3 Å². The number of hydrogen-bond acceptors (Lipinski definition) is 4. The van der Waals surface area contributed by atoms with Crippen LogP contribution >= 0.6 is 38.9 Å². The molecular formula is C14H15BrClN3OS. The molecule has 1 heterocycles. The van der Waals surface area contributed by atoms with E-state index in [1.54, 1.807) is 29.5 Å². The van der Waals surface area contributed by atoms with Gasteiger partial charge in [0.15, 0.2) is 0 Å². The highest BCUT2D eigenvalue weighted by Gasteiger charge is 2.10. The Balaban J connectivity index is 1.90. The van der Waals surface area contributed by atoms with Crippen molar-refractivity contribution in [3.63, 3.8) is 0 Å². The number of benzene rings is 1. The number of nitrogens with one attached hydrogen (secondary N) is 1. The summed E-state index contributed by atoms with van der Waals surface area (Å²) in [5, 5.41) is 5.31. The number of rotatable bonds is 5. The van der Waals surface area contributed by atoms with Gasteiger partial charge in [0.25, 0.3) is 0 Å². The fourth-order valence-corrected chi connectivity index (χ4v) is 3.23. The monoisotopic (exact) mass is 387 g/mol. The van der Waals surface area contributed by atoms with Gasteiger partial charge >= 0.3 is 0 Å². The molecule has 0 spiro atoms. The SMILES string of the molecule is CN(CC(=O)Nc1cc(N)ccc1Cl)Cc1csc(Br)c1. The maximum absolute atomic E-state index is 12.0. The molecule has 0 unspecified atom stereocenters. The van der Waals surface area contributed by atoms with Crippen LogP contribution in [0.2, 0.25) is 5.02 Å². The molecule has 112 valence electrons. The number of likely N-dealkylation sites (N-methyl/N-ethyl adjacent to an activating group) is 1. The average molecular weight is 389 g/mol. The summed E-state index contributed by atoms with van der Waals surface area (Å²) in [6, 6.07) is 7.06. The molecular weight excluding hydrogens is 374 g/mol. The number of nitrogen functional groups attached to an aromatic ring is 1. The first-order chi connectivity index (χ1) is 9.94. The van der Waals surface area contributed by atoms with E-state index in [9.17, 15) is 4.79 Å². The van der Waals surface area contributed by atoms with Gasteiger partial charge in [0.2, 0.25) is 5.91 Å². The van der Waals surface area contributed by atoms with Gasteiger partial charge in [-0.2, -0.15) is 0 Å². The summed E-state index contributed by atoms with van der Waals surface area (Å²) in [7, 11) is 1.89. The van der Waals surface area contributed by atoms with Crippen molar-refractivity contribution in [3.8, 4) is 0 Å². The smallest absolute Gasteiger partial charge is 0.238 e. The van der Waals surface area contributed by atoms with Crippen molar-refractivity contribution in [2.45, 2.75) is 6.54 Å². The van der Waals surface area contributed by atoms with Gasteiger partial charge in [-0.05, 0) is 58.2 Å². The predicted octanol–water partition coefficient (Wildman–Crippen LogP) is 3.82. The van der Waals surface area contributed by atoms with Crippen LogP contribution in [0.1, 0.15) is 5.56 Å². The molecule has 0 aliphatic carbocycles. The molecule has 1 aromatic heterocycles. The van der Waals surface area contributed by atoms with E-state index in [1.165, 1.54) is 5.56 Å². The maximum Gasteiger partial charge on any atom is 0.238 e. The Kier molecular flexibility index (Phi) is 5.64. The van der Waals surface area contributed by atoms with Gasteiger partial charge in [0.05, 0.1) is 21.0 Å². The van der Waals surface area contributed by atoms with Gasteiger partial charge in [0, 0.05) is 12.2 Å². The minimum atomic E-state index is -0.126. The number of carbonyl (C=O) groups is 1. The molecule has 0 saturated carbocycles. The molecule has 3 N–H and O–H groups in total. The first-order valence-electron chi connectivity index (χ1n) is 6.20. The lowest BCUT2D eigenvalue weighted by molar-refractivity contribution is -0.117. The molecule has 0 bridgehead atoms. The van der Waals surface area contributed by atoms with Gasteiger partial charge in [0.1, 0.15) is 0 Å².